The van der Waals surface area contributed by atoms with Crippen molar-refractivity contribution in [3.63, 3.8) is 0 Å². The molecular weight excluding hydrogens is 412 g/mol. The van der Waals surface area contributed by atoms with Crippen LogP contribution in [0.2, 0.25) is 5.02 Å². The molecule has 3 aromatic carbocycles. The molecule has 4 rings (SSSR count). The van der Waals surface area contributed by atoms with Crippen LogP contribution in [-0.2, 0) is 17.6 Å². The Labute approximate surface area is 186 Å². The summed E-state index contributed by atoms with van der Waals surface area (Å²) >= 11 is 6.13. The van der Waals surface area contributed by atoms with Crippen molar-refractivity contribution >= 4 is 34.8 Å². The van der Waals surface area contributed by atoms with E-state index in [1.165, 1.54) is 5.56 Å². The summed E-state index contributed by atoms with van der Waals surface area (Å²) in [6.07, 6.45) is 1.77. The van der Waals surface area contributed by atoms with Crippen molar-refractivity contribution in [3.05, 3.63) is 88.4 Å². The highest BCUT2D eigenvalue weighted by Crippen LogP contribution is 2.29. The number of hydrogen-bond donors (Lipinski definition) is 1. The van der Waals surface area contributed by atoms with Gasteiger partial charge < -0.3 is 15.0 Å². The smallest absolute Gasteiger partial charge is 0.258 e. The molecule has 31 heavy (non-hydrogen) atoms. The Bertz CT molecular complexity index is 1110. The van der Waals surface area contributed by atoms with Crippen LogP contribution in [0.15, 0.2) is 66.7 Å². The van der Waals surface area contributed by atoms with Crippen LogP contribution in [0, 0.1) is 0 Å². The summed E-state index contributed by atoms with van der Waals surface area (Å²) in [4.78, 5) is 27.0. The quantitative estimate of drug-likeness (QED) is 0.585. The van der Waals surface area contributed by atoms with Crippen LogP contribution in [-0.4, -0.2) is 25.5 Å². The standard InChI is InChI=1S/C25H23ClN2O3/c1-31-23-12-6-17(16-21(23)26)7-13-24(29)27-20-10-8-19(9-11-20)25(30)28-15-14-18-4-2-3-5-22(18)28/h2-6,8-12,16H,7,13-15H2,1H3,(H,27,29). The predicted molar refractivity (Wildman–Crippen MR) is 123 cm³/mol. The van der Waals surface area contributed by atoms with E-state index in [-0.39, 0.29) is 11.8 Å². The Morgan fingerprint density at radius 3 is 2.58 bits per heavy atom. The molecule has 0 saturated heterocycles. The number of hydrogen-bond acceptors (Lipinski definition) is 3. The first kappa shape index (κ1) is 20.9. The van der Waals surface area contributed by atoms with Gasteiger partial charge in [0.1, 0.15) is 5.75 Å². The van der Waals surface area contributed by atoms with Crippen molar-refractivity contribution in [2.45, 2.75) is 19.3 Å². The average molecular weight is 435 g/mol. The van der Waals surface area contributed by atoms with E-state index in [0.29, 0.717) is 41.4 Å². The fourth-order valence-corrected chi connectivity index (χ4v) is 4.03. The minimum Gasteiger partial charge on any atom is -0.495 e. The van der Waals surface area contributed by atoms with E-state index in [1.54, 1.807) is 37.4 Å². The number of halogens is 1. The number of ether oxygens (including phenoxy) is 1. The molecule has 3 aromatic rings. The van der Waals surface area contributed by atoms with Crippen LogP contribution in [0.25, 0.3) is 0 Å². The molecule has 0 aromatic heterocycles. The zero-order chi connectivity index (χ0) is 21.8. The van der Waals surface area contributed by atoms with E-state index < -0.39 is 0 Å². The molecule has 0 saturated carbocycles. The van der Waals surface area contributed by atoms with Gasteiger partial charge in [-0.15, -0.1) is 0 Å². The molecule has 0 radical (unpaired) electrons. The third-order valence-electron chi connectivity index (χ3n) is 5.40. The van der Waals surface area contributed by atoms with E-state index in [9.17, 15) is 9.59 Å². The largest absolute Gasteiger partial charge is 0.495 e. The topological polar surface area (TPSA) is 58.6 Å². The van der Waals surface area contributed by atoms with E-state index in [2.05, 4.69) is 11.4 Å². The second-order valence-corrected chi connectivity index (χ2v) is 7.84. The molecule has 0 spiro atoms. The SMILES string of the molecule is COc1ccc(CCC(=O)Nc2ccc(C(=O)N3CCc4ccccc43)cc2)cc1Cl. The maximum atomic E-state index is 12.9. The lowest BCUT2D eigenvalue weighted by atomic mass is 10.1. The number of amides is 2. The molecule has 0 fully saturated rings. The van der Waals surface area contributed by atoms with E-state index in [1.807, 2.05) is 35.2 Å². The van der Waals surface area contributed by atoms with Crippen LogP contribution < -0.4 is 15.0 Å². The van der Waals surface area contributed by atoms with Crippen LogP contribution in [0.5, 0.6) is 5.75 Å². The van der Waals surface area contributed by atoms with Crippen molar-refractivity contribution in [3.8, 4) is 5.75 Å². The number of methoxy groups -OCH3 is 1. The average Bonchev–Trinajstić information content (AvgIpc) is 3.22. The number of benzene rings is 3. The number of nitrogens with one attached hydrogen (secondary N) is 1. The summed E-state index contributed by atoms with van der Waals surface area (Å²) in [5.41, 5.74) is 4.40. The zero-order valence-corrected chi connectivity index (χ0v) is 18.0. The maximum Gasteiger partial charge on any atom is 0.258 e. The third-order valence-corrected chi connectivity index (χ3v) is 5.70. The molecule has 158 valence electrons. The third kappa shape index (κ3) is 4.72. The highest BCUT2D eigenvalue weighted by Gasteiger charge is 2.25. The molecule has 6 heteroatoms. The summed E-state index contributed by atoms with van der Waals surface area (Å²) in [6, 6.07) is 20.5. The normalized spacial score (nSPS) is 12.4. The molecule has 2 amide bonds. The van der Waals surface area contributed by atoms with Crippen LogP contribution in [0.1, 0.15) is 27.9 Å². The maximum absolute atomic E-state index is 12.9. The first-order chi connectivity index (χ1) is 15.0. The van der Waals surface area contributed by atoms with Gasteiger partial charge in [0.25, 0.3) is 5.91 Å². The van der Waals surface area contributed by atoms with Crippen molar-refractivity contribution in [2.75, 3.05) is 23.9 Å². The number of nitrogens with zero attached hydrogens (tertiary/aromatic N) is 1. The number of fused-ring (bicyclic) bond motifs is 1. The van der Waals surface area contributed by atoms with Crippen LogP contribution >= 0.6 is 11.6 Å². The molecule has 1 heterocycles. The lowest BCUT2D eigenvalue weighted by Crippen LogP contribution is -2.28. The predicted octanol–water partition coefficient (Wildman–Crippen LogP) is 5.12. The fraction of sp³-hybridized carbons (Fsp3) is 0.200. The molecule has 1 N–H and O–H groups in total. The minimum absolute atomic E-state index is 0.0285. The highest BCUT2D eigenvalue weighted by molar-refractivity contribution is 6.32. The Balaban J connectivity index is 1.34. The number of para-hydroxylation sites is 1. The van der Waals surface area contributed by atoms with Crippen LogP contribution in [0.3, 0.4) is 0 Å². The van der Waals surface area contributed by atoms with E-state index >= 15 is 0 Å². The highest BCUT2D eigenvalue weighted by atomic mass is 35.5. The monoisotopic (exact) mass is 434 g/mol. The summed E-state index contributed by atoms with van der Waals surface area (Å²) in [5.74, 6) is 0.487. The Kier molecular flexibility index (Phi) is 6.23. The first-order valence-corrected chi connectivity index (χ1v) is 10.5. The van der Waals surface area contributed by atoms with E-state index in [0.717, 1.165) is 17.7 Å². The van der Waals surface area contributed by atoms with Gasteiger partial charge in [0.2, 0.25) is 5.91 Å². The first-order valence-electron chi connectivity index (χ1n) is 10.2. The number of anilines is 2. The number of carbonyl (C=O) groups excluding carboxylic acids is 2. The fourth-order valence-electron chi connectivity index (χ4n) is 3.75. The van der Waals surface area contributed by atoms with Gasteiger partial charge in [-0.2, -0.15) is 0 Å². The Morgan fingerprint density at radius 2 is 1.84 bits per heavy atom. The molecule has 0 aliphatic carbocycles. The summed E-state index contributed by atoms with van der Waals surface area (Å²) < 4.78 is 5.14. The zero-order valence-electron chi connectivity index (χ0n) is 17.2. The molecule has 5 nitrogen and oxygen atoms in total. The number of aryl methyl sites for hydroxylation is 1. The molecule has 1 aliphatic rings. The molecule has 0 atom stereocenters. The van der Waals surface area contributed by atoms with Gasteiger partial charge in [0.05, 0.1) is 12.1 Å². The van der Waals surface area contributed by atoms with Crippen molar-refractivity contribution in [1.29, 1.82) is 0 Å². The second kappa shape index (κ2) is 9.23. The number of carbonyl (C=O) groups is 2. The summed E-state index contributed by atoms with van der Waals surface area (Å²) in [5, 5.41) is 3.41. The van der Waals surface area contributed by atoms with Gasteiger partial charge in [-0.3, -0.25) is 9.59 Å². The molecule has 1 aliphatic heterocycles. The van der Waals surface area contributed by atoms with Gasteiger partial charge in [-0.05, 0) is 66.4 Å². The van der Waals surface area contributed by atoms with Crippen molar-refractivity contribution in [1.82, 2.24) is 0 Å². The summed E-state index contributed by atoms with van der Waals surface area (Å²) in [6.45, 7) is 0.687. The molecule has 0 bridgehead atoms. The Hall–Kier alpha value is -3.31. The summed E-state index contributed by atoms with van der Waals surface area (Å²) in [7, 11) is 1.57. The van der Waals surface area contributed by atoms with Crippen molar-refractivity contribution < 1.29 is 14.3 Å². The lowest BCUT2D eigenvalue weighted by Gasteiger charge is -2.17. The number of rotatable bonds is 6. The van der Waals surface area contributed by atoms with Gasteiger partial charge in [0.15, 0.2) is 0 Å². The van der Waals surface area contributed by atoms with Crippen molar-refractivity contribution in [2.24, 2.45) is 0 Å². The molecule has 0 unspecified atom stereocenters. The van der Waals surface area contributed by atoms with Crippen LogP contribution in [0.4, 0.5) is 11.4 Å². The molecular formula is C25H23ClN2O3. The van der Waals surface area contributed by atoms with Gasteiger partial charge in [-0.25, -0.2) is 0 Å². The van der Waals surface area contributed by atoms with Gasteiger partial charge >= 0.3 is 0 Å². The minimum atomic E-state index is -0.0977. The van der Waals surface area contributed by atoms with Gasteiger partial charge in [-0.1, -0.05) is 35.9 Å². The van der Waals surface area contributed by atoms with E-state index in [4.69, 9.17) is 16.3 Å². The second-order valence-electron chi connectivity index (χ2n) is 7.43. The lowest BCUT2D eigenvalue weighted by molar-refractivity contribution is -0.116. The van der Waals surface area contributed by atoms with Gasteiger partial charge in [0, 0.05) is 29.9 Å². The Morgan fingerprint density at radius 1 is 1.06 bits per heavy atom.